The quantitative estimate of drug-likeness (QED) is 0.168. The Labute approximate surface area is 328 Å². The molecule has 1 aliphatic carbocycles. The summed E-state index contributed by atoms with van der Waals surface area (Å²) in [6, 6.07) is 13.0. The van der Waals surface area contributed by atoms with Gasteiger partial charge in [0.1, 0.15) is 17.7 Å². The smallest absolute Gasteiger partial charge is 0.407 e. The van der Waals surface area contributed by atoms with Gasteiger partial charge in [0.15, 0.2) is 0 Å². The standard InChI is InChI=1S/C44H53N7O5/c1-26(2)28(5)40(52)50-23-43(15-16-43)20-35(50)38-45-22-34(48-38)31-12-9-29(10-13-31)7-8-30-11-14-32-33(19-30)47-39(46-32)36-21-44(17-18-56-25-44)24-51(36)41(53)37(27(3)4)49-42(54)55-6/h9-14,19,22,26-28,35-37H,15-18,20-21,23-25H2,1-6H3,(H,45,48)(H,46,47)(H,49,54)/t28-,35-,36-,37-,44+/m0/s1. The van der Waals surface area contributed by atoms with Crippen molar-refractivity contribution < 1.29 is 23.9 Å². The van der Waals surface area contributed by atoms with Crippen molar-refractivity contribution in [2.24, 2.45) is 28.6 Å². The second-order valence-electron chi connectivity index (χ2n) is 17.4. The third-order valence-electron chi connectivity index (χ3n) is 12.8. The molecule has 4 aromatic rings. The largest absolute Gasteiger partial charge is 0.453 e. The van der Waals surface area contributed by atoms with Gasteiger partial charge in [0.25, 0.3) is 0 Å². The summed E-state index contributed by atoms with van der Waals surface area (Å²) in [5, 5.41) is 2.75. The van der Waals surface area contributed by atoms with Crippen LogP contribution >= 0.6 is 0 Å². The van der Waals surface area contributed by atoms with Crippen LogP contribution in [0.3, 0.4) is 0 Å². The van der Waals surface area contributed by atoms with Gasteiger partial charge in [-0.2, -0.15) is 0 Å². The number of carbonyl (C=O) groups is 3. The maximum atomic E-state index is 14.0. The van der Waals surface area contributed by atoms with Crippen molar-refractivity contribution in [1.82, 2.24) is 35.1 Å². The highest BCUT2D eigenvalue weighted by Gasteiger charge is 2.55. The van der Waals surface area contributed by atoms with Gasteiger partial charge in [-0.1, -0.05) is 58.6 Å². The Morgan fingerprint density at radius 3 is 2.21 bits per heavy atom. The lowest BCUT2D eigenvalue weighted by molar-refractivity contribution is -0.137. The summed E-state index contributed by atoms with van der Waals surface area (Å²) in [5.41, 5.74) is 5.42. The predicted octanol–water partition coefficient (Wildman–Crippen LogP) is 6.76. The van der Waals surface area contributed by atoms with Crippen LogP contribution in [0.1, 0.15) is 102 Å². The zero-order chi connectivity index (χ0) is 39.4. The average Bonchev–Trinajstić information content (AvgIpc) is 3.79. The summed E-state index contributed by atoms with van der Waals surface area (Å²) in [6.45, 7) is 12.7. The molecule has 1 saturated carbocycles. The maximum Gasteiger partial charge on any atom is 0.407 e. The van der Waals surface area contributed by atoms with Gasteiger partial charge in [0.2, 0.25) is 11.8 Å². The van der Waals surface area contributed by atoms with Crippen LogP contribution < -0.4 is 5.32 Å². The molecule has 3 N–H and O–H groups in total. The van der Waals surface area contributed by atoms with Crippen molar-refractivity contribution in [3.05, 3.63) is 71.4 Å². The number of amides is 3. The molecule has 2 spiro atoms. The van der Waals surface area contributed by atoms with E-state index in [1.54, 1.807) is 0 Å². The first-order chi connectivity index (χ1) is 26.9. The zero-order valence-electron chi connectivity index (χ0n) is 33.3. The minimum atomic E-state index is -0.729. The number of benzene rings is 2. The molecule has 0 radical (unpaired) electrons. The number of H-pyrrole nitrogens is 2. The van der Waals surface area contributed by atoms with Crippen LogP contribution in [0.4, 0.5) is 4.79 Å². The third kappa shape index (κ3) is 7.29. The molecular weight excluding hydrogens is 707 g/mol. The molecular formula is C44H53N7O5. The molecule has 3 amide bonds. The van der Waals surface area contributed by atoms with Crippen LogP contribution in [0.25, 0.3) is 22.3 Å². The van der Waals surface area contributed by atoms with E-state index in [2.05, 4.69) is 45.9 Å². The Kier molecular flexibility index (Phi) is 9.94. The number of likely N-dealkylation sites (tertiary alicyclic amines) is 2. The van der Waals surface area contributed by atoms with Crippen LogP contribution in [-0.4, -0.2) is 87.1 Å². The highest BCUT2D eigenvalue weighted by atomic mass is 16.5. The van der Waals surface area contributed by atoms with Gasteiger partial charge >= 0.3 is 6.09 Å². The van der Waals surface area contributed by atoms with Gasteiger partial charge in [-0.25, -0.2) is 14.8 Å². The van der Waals surface area contributed by atoms with Gasteiger partial charge < -0.3 is 34.6 Å². The van der Waals surface area contributed by atoms with Crippen LogP contribution in [0.15, 0.2) is 48.7 Å². The van der Waals surface area contributed by atoms with Crippen molar-refractivity contribution in [3.8, 4) is 23.1 Å². The summed E-state index contributed by atoms with van der Waals surface area (Å²) in [7, 11) is 1.30. The molecule has 294 valence electrons. The van der Waals surface area contributed by atoms with Crippen LogP contribution in [0.5, 0.6) is 0 Å². The molecule has 3 saturated heterocycles. The summed E-state index contributed by atoms with van der Waals surface area (Å²) in [5.74, 6) is 8.41. The second-order valence-corrected chi connectivity index (χ2v) is 17.4. The molecule has 2 aromatic heterocycles. The van der Waals surface area contributed by atoms with Crippen molar-refractivity contribution in [2.75, 3.05) is 33.4 Å². The van der Waals surface area contributed by atoms with Crippen molar-refractivity contribution >= 4 is 28.9 Å². The fraction of sp³-hybridized carbons (Fsp3) is 0.523. The van der Waals surface area contributed by atoms with E-state index < -0.39 is 12.1 Å². The van der Waals surface area contributed by atoms with Gasteiger partial charge in [-0.15, -0.1) is 0 Å². The molecule has 0 bridgehead atoms. The van der Waals surface area contributed by atoms with Crippen molar-refractivity contribution in [2.45, 2.75) is 84.8 Å². The topological polar surface area (TPSA) is 146 Å². The number of aromatic nitrogens is 4. The highest BCUT2D eigenvalue weighted by Crippen LogP contribution is 2.58. The van der Waals surface area contributed by atoms with E-state index in [1.807, 2.05) is 74.3 Å². The average molecular weight is 760 g/mol. The Balaban J connectivity index is 0.976. The van der Waals surface area contributed by atoms with Crippen LogP contribution in [0, 0.1) is 40.4 Å². The molecule has 12 heteroatoms. The number of aromatic amines is 2. The summed E-state index contributed by atoms with van der Waals surface area (Å²) in [4.78, 5) is 60.4. The van der Waals surface area contributed by atoms with Crippen molar-refractivity contribution in [1.29, 1.82) is 0 Å². The van der Waals surface area contributed by atoms with E-state index in [1.165, 1.54) is 20.0 Å². The summed E-state index contributed by atoms with van der Waals surface area (Å²) >= 11 is 0. The van der Waals surface area contributed by atoms with Gasteiger partial charge in [0.05, 0.1) is 48.7 Å². The Hall–Kier alpha value is -5.15. The van der Waals surface area contributed by atoms with Crippen LogP contribution in [0.2, 0.25) is 0 Å². The van der Waals surface area contributed by atoms with E-state index in [-0.39, 0.29) is 46.6 Å². The van der Waals surface area contributed by atoms with E-state index in [4.69, 9.17) is 19.4 Å². The number of rotatable bonds is 8. The molecule has 4 fully saturated rings. The number of carbonyl (C=O) groups excluding carboxylic acids is 3. The minimum absolute atomic E-state index is 0.0147. The fourth-order valence-corrected chi connectivity index (χ4v) is 8.76. The molecule has 4 aliphatic rings. The molecule has 3 aliphatic heterocycles. The lowest BCUT2D eigenvalue weighted by Crippen LogP contribution is -2.51. The Morgan fingerprint density at radius 2 is 1.54 bits per heavy atom. The first-order valence-electron chi connectivity index (χ1n) is 20.1. The third-order valence-corrected chi connectivity index (χ3v) is 12.8. The molecule has 12 nitrogen and oxygen atoms in total. The van der Waals surface area contributed by atoms with E-state index in [0.29, 0.717) is 31.5 Å². The number of hydrogen-bond acceptors (Lipinski definition) is 7. The number of imidazole rings is 2. The number of nitrogens with zero attached hydrogens (tertiary/aromatic N) is 4. The Morgan fingerprint density at radius 1 is 0.857 bits per heavy atom. The Bertz CT molecular complexity index is 2180. The number of alkyl carbamates (subject to hydrolysis) is 1. The second kappa shape index (κ2) is 14.7. The van der Waals surface area contributed by atoms with Gasteiger partial charge in [0, 0.05) is 42.2 Å². The maximum absolute atomic E-state index is 14.0. The summed E-state index contributed by atoms with van der Waals surface area (Å²) < 4.78 is 10.6. The zero-order valence-corrected chi connectivity index (χ0v) is 33.3. The molecule has 8 rings (SSSR count). The first kappa shape index (κ1) is 37.8. The molecule has 56 heavy (non-hydrogen) atoms. The summed E-state index contributed by atoms with van der Waals surface area (Å²) in [6.07, 6.45) is 6.18. The van der Waals surface area contributed by atoms with Gasteiger partial charge in [-0.05, 0) is 85.3 Å². The lowest BCUT2D eigenvalue weighted by Gasteiger charge is -2.30. The molecule has 5 heterocycles. The SMILES string of the molecule is COC(=O)N[C@H](C(=O)N1C[C@@]2(CCOC2)C[C@H]1c1nc2ccc(C#Cc3ccc(-c4cnc([C@@H]5CC6(CC6)CN5C(=O)[C@@H](C)C(C)C)[nH]4)cc3)cc2[nH]1)C(C)C. The number of methoxy groups -OCH3 is 1. The van der Waals surface area contributed by atoms with E-state index in [9.17, 15) is 14.4 Å². The number of fused-ring (bicyclic) bond motifs is 1. The lowest BCUT2D eigenvalue weighted by atomic mass is 9.85. The molecule has 5 atom stereocenters. The molecule has 2 aromatic carbocycles. The monoisotopic (exact) mass is 759 g/mol. The number of hydrogen-bond donors (Lipinski definition) is 3. The first-order valence-corrected chi connectivity index (χ1v) is 20.1. The van der Waals surface area contributed by atoms with Gasteiger partial charge in [-0.3, -0.25) is 9.59 Å². The van der Waals surface area contributed by atoms with E-state index >= 15 is 0 Å². The number of ether oxygens (including phenoxy) is 2. The van der Waals surface area contributed by atoms with Crippen molar-refractivity contribution in [3.63, 3.8) is 0 Å². The predicted molar refractivity (Wildman–Crippen MR) is 212 cm³/mol. The molecule has 0 unspecified atom stereocenters. The van der Waals surface area contributed by atoms with Crippen LogP contribution in [-0.2, 0) is 19.1 Å². The number of nitrogens with one attached hydrogen (secondary N) is 3. The minimum Gasteiger partial charge on any atom is -0.453 e. The van der Waals surface area contributed by atoms with E-state index in [0.717, 1.165) is 65.0 Å². The fourth-order valence-electron chi connectivity index (χ4n) is 8.76. The normalized spacial score (nSPS) is 23.6. The highest BCUT2D eigenvalue weighted by molar-refractivity contribution is 5.87.